The molecular weight excluding hydrogens is 248 g/mol. The smallest absolute Gasteiger partial charge is 0.349 e. The Balaban J connectivity index is 2.85. The predicted molar refractivity (Wildman–Crippen MR) is 66.9 cm³/mol. The summed E-state index contributed by atoms with van der Waals surface area (Å²) >= 11 is 6.90. The van der Waals surface area contributed by atoms with E-state index in [1.807, 2.05) is 11.8 Å². The van der Waals surface area contributed by atoms with Crippen LogP contribution in [0.15, 0.2) is 0 Å². The highest BCUT2D eigenvalue weighted by Gasteiger charge is 2.18. The molecule has 0 aliphatic heterocycles. The number of nitrogens with zero attached hydrogens (tertiary/aromatic N) is 2. The maximum Gasteiger partial charge on any atom is 0.349 e. The summed E-state index contributed by atoms with van der Waals surface area (Å²) in [5, 5.41) is 9.66. The molecule has 16 heavy (non-hydrogen) atoms. The average Bonchev–Trinajstić information content (AvgIpc) is 2.62. The molecule has 0 aliphatic carbocycles. The van der Waals surface area contributed by atoms with E-state index in [4.69, 9.17) is 16.7 Å². The highest BCUT2D eigenvalue weighted by atomic mass is 35.5. The summed E-state index contributed by atoms with van der Waals surface area (Å²) in [7, 11) is 0. The van der Waals surface area contributed by atoms with E-state index in [0.717, 1.165) is 37.3 Å². The lowest BCUT2D eigenvalue weighted by atomic mass is 10.3. The topological polar surface area (TPSA) is 53.4 Å². The standard InChI is InChI=1S/C10H15ClN2O2S/c1-3-5-6-13(4-2)10-12-8(11)7(16-10)9(14)15/h3-6H2,1-2H3,(H,14,15). The van der Waals surface area contributed by atoms with Gasteiger partial charge in [0.2, 0.25) is 0 Å². The molecule has 1 rings (SSSR count). The summed E-state index contributed by atoms with van der Waals surface area (Å²) in [5.74, 6) is -1.01. The summed E-state index contributed by atoms with van der Waals surface area (Å²) in [6, 6.07) is 0. The van der Waals surface area contributed by atoms with E-state index in [1.54, 1.807) is 0 Å². The van der Waals surface area contributed by atoms with Crippen molar-refractivity contribution in [1.82, 2.24) is 4.98 Å². The highest BCUT2D eigenvalue weighted by Crippen LogP contribution is 2.29. The minimum atomic E-state index is -1.01. The lowest BCUT2D eigenvalue weighted by Gasteiger charge is -2.18. The molecule has 0 atom stereocenters. The quantitative estimate of drug-likeness (QED) is 0.856. The van der Waals surface area contributed by atoms with Crippen molar-refractivity contribution < 1.29 is 9.90 Å². The Morgan fingerprint density at radius 2 is 2.25 bits per heavy atom. The van der Waals surface area contributed by atoms with Crippen LogP contribution in [0.2, 0.25) is 5.15 Å². The summed E-state index contributed by atoms with van der Waals surface area (Å²) in [6.07, 6.45) is 2.16. The maximum atomic E-state index is 10.8. The van der Waals surface area contributed by atoms with Crippen LogP contribution in [0.1, 0.15) is 36.4 Å². The number of carboxylic acid groups (broad SMARTS) is 1. The van der Waals surface area contributed by atoms with Crippen LogP contribution in [0.5, 0.6) is 0 Å². The highest BCUT2D eigenvalue weighted by molar-refractivity contribution is 7.18. The first-order valence-electron chi connectivity index (χ1n) is 5.24. The monoisotopic (exact) mass is 262 g/mol. The fraction of sp³-hybridized carbons (Fsp3) is 0.600. The van der Waals surface area contributed by atoms with Crippen LogP contribution < -0.4 is 4.90 Å². The molecule has 0 aliphatic rings. The van der Waals surface area contributed by atoms with Crippen LogP contribution in [0.25, 0.3) is 0 Å². The number of rotatable bonds is 6. The third-order valence-corrected chi connectivity index (χ3v) is 3.69. The molecule has 0 bridgehead atoms. The van der Waals surface area contributed by atoms with E-state index in [0.29, 0.717) is 5.13 Å². The number of hydrogen-bond acceptors (Lipinski definition) is 4. The Bertz CT molecular complexity index is 368. The number of thiazole rings is 1. The fourth-order valence-electron chi connectivity index (χ4n) is 1.30. The van der Waals surface area contributed by atoms with Crippen molar-refractivity contribution in [3.8, 4) is 0 Å². The lowest BCUT2D eigenvalue weighted by molar-refractivity contribution is 0.0702. The average molecular weight is 263 g/mol. The minimum absolute atomic E-state index is 0.0856. The van der Waals surface area contributed by atoms with Crippen molar-refractivity contribution in [2.75, 3.05) is 18.0 Å². The van der Waals surface area contributed by atoms with Crippen molar-refractivity contribution in [2.24, 2.45) is 0 Å². The van der Waals surface area contributed by atoms with Gasteiger partial charge in [-0.15, -0.1) is 0 Å². The summed E-state index contributed by atoms with van der Waals surface area (Å²) in [6.45, 7) is 5.83. The number of hydrogen-bond donors (Lipinski definition) is 1. The molecule has 0 saturated carbocycles. The van der Waals surface area contributed by atoms with Gasteiger partial charge in [0, 0.05) is 13.1 Å². The first-order chi connectivity index (χ1) is 7.60. The van der Waals surface area contributed by atoms with E-state index >= 15 is 0 Å². The Hall–Kier alpha value is -0.810. The summed E-state index contributed by atoms with van der Waals surface area (Å²) in [4.78, 5) is 17.1. The van der Waals surface area contributed by atoms with E-state index in [-0.39, 0.29) is 10.0 Å². The molecule has 0 spiro atoms. The molecule has 0 unspecified atom stereocenters. The molecule has 6 heteroatoms. The van der Waals surface area contributed by atoms with E-state index in [2.05, 4.69) is 11.9 Å². The van der Waals surface area contributed by atoms with Crippen molar-refractivity contribution >= 4 is 34.0 Å². The van der Waals surface area contributed by atoms with Crippen molar-refractivity contribution in [1.29, 1.82) is 0 Å². The van der Waals surface area contributed by atoms with Gasteiger partial charge in [0.25, 0.3) is 0 Å². The predicted octanol–water partition coefficient (Wildman–Crippen LogP) is 3.12. The van der Waals surface area contributed by atoms with Crippen molar-refractivity contribution in [3.63, 3.8) is 0 Å². The van der Waals surface area contributed by atoms with Gasteiger partial charge in [-0.25, -0.2) is 9.78 Å². The van der Waals surface area contributed by atoms with E-state index < -0.39 is 5.97 Å². The SMILES string of the molecule is CCCCN(CC)c1nc(Cl)c(C(=O)O)s1. The molecule has 90 valence electrons. The molecule has 0 saturated heterocycles. The normalized spacial score (nSPS) is 10.4. The molecule has 0 aromatic carbocycles. The van der Waals surface area contributed by atoms with Crippen LogP contribution in [0.4, 0.5) is 5.13 Å². The number of aromatic carboxylic acids is 1. The minimum Gasteiger partial charge on any atom is -0.477 e. The fourth-order valence-corrected chi connectivity index (χ4v) is 2.51. The number of carbonyl (C=O) groups is 1. The Labute approximate surface area is 104 Å². The zero-order valence-corrected chi connectivity index (χ0v) is 10.9. The Kier molecular flexibility index (Phi) is 5.02. The third kappa shape index (κ3) is 3.09. The second-order valence-electron chi connectivity index (χ2n) is 3.35. The van der Waals surface area contributed by atoms with Crippen LogP contribution in [-0.4, -0.2) is 29.1 Å². The number of aromatic nitrogens is 1. The molecular formula is C10H15ClN2O2S. The van der Waals surface area contributed by atoms with Gasteiger partial charge in [0.05, 0.1) is 0 Å². The van der Waals surface area contributed by atoms with Gasteiger partial charge in [0.1, 0.15) is 0 Å². The van der Waals surface area contributed by atoms with Crippen LogP contribution in [0.3, 0.4) is 0 Å². The number of anilines is 1. The molecule has 1 aromatic rings. The van der Waals surface area contributed by atoms with Crippen LogP contribution >= 0.6 is 22.9 Å². The van der Waals surface area contributed by atoms with E-state index in [1.165, 1.54) is 0 Å². The van der Waals surface area contributed by atoms with Crippen LogP contribution in [0, 0.1) is 0 Å². The van der Waals surface area contributed by atoms with Crippen molar-refractivity contribution in [3.05, 3.63) is 10.0 Å². The summed E-state index contributed by atoms with van der Waals surface area (Å²) in [5.41, 5.74) is 0. The van der Waals surface area contributed by atoms with Crippen LogP contribution in [-0.2, 0) is 0 Å². The zero-order valence-electron chi connectivity index (χ0n) is 9.36. The van der Waals surface area contributed by atoms with Gasteiger partial charge in [-0.3, -0.25) is 0 Å². The molecule has 1 N–H and O–H groups in total. The van der Waals surface area contributed by atoms with Gasteiger partial charge in [-0.2, -0.15) is 0 Å². The first-order valence-corrected chi connectivity index (χ1v) is 6.44. The second kappa shape index (κ2) is 6.06. The molecule has 0 amide bonds. The number of carboxylic acids is 1. The number of unbranched alkanes of at least 4 members (excludes halogenated alkanes) is 1. The van der Waals surface area contributed by atoms with Gasteiger partial charge in [-0.1, -0.05) is 36.3 Å². The lowest BCUT2D eigenvalue weighted by Crippen LogP contribution is -2.23. The Morgan fingerprint density at radius 1 is 1.56 bits per heavy atom. The van der Waals surface area contributed by atoms with E-state index in [9.17, 15) is 4.79 Å². The van der Waals surface area contributed by atoms with Gasteiger partial charge < -0.3 is 10.0 Å². The van der Waals surface area contributed by atoms with Gasteiger partial charge >= 0.3 is 5.97 Å². The molecule has 0 radical (unpaired) electrons. The number of halogens is 1. The Morgan fingerprint density at radius 3 is 2.69 bits per heavy atom. The molecule has 0 fully saturated rings. The second-order valence-corrected chi connectivity index (χ2v) is 4.69. The van der Waals surface area contributed by atoms with Crippen molar-refractivity contribution in [2.45, 2.75) is 26.7 Å². The van der Waals surface area contributed by atoms with Gasteiger partial charge in [-0.05, 0) is 13.3 Å². The molecule has 1 aromatic heterocycles. The first kappa shape index (κ1) is 13.3. The molecule has 4 nitrogen and oxygen atoms in total. The zero-order chi connectivity index (χ0) is 12.1. The summed E-state index contributed by atoms with van der Waals surface area (Å²) < 4.78 is 0. The molecule has 1 heterocycles. The third-order valence-electron chi connectivity index (χ3n) is 2.20. The maximum absolute atomic E-state index is 10.8. The largest absolute Gasteiger partial charge is 0.477 e. The van der Waals surface area contributed by atoms with Gasteiger partial charge in [0.15, 0.2) is 15.2 Å².